The third-order valence-electron chi connectivity index (χ3n) is 11.8. The molecule has 9 atom stereocenters. The van der Waals surface area contributed by atoms with Crippen LogP contribution >= 0.6 is 0 Å². The number of carbonyl (C=O) groups is 4. The molecule has 0 radical (unpaired) electrons. The highest BCUT2D eigenvalue weighted by Gasteiger charge is 2.71. The van der Waals surface area contributed by atoms with Gasteiger partial charge in [-0.25, -0.2) is 9.59 Å². The number of hydrogen-bond acceptors (Lipinski definition) is 8. The zero-order chi connectivity index (χ0) is 28.4. The SMILES string of the molecule is CC(=O)O[C@H]1C[C@]2(O)[C@@H]3CC[C@@H]4C[C@@H](OC(=O)N5CCNC(=O)C5)CC[C@]4(C)[C@H]3CC[C@]2(C)[C@H]1C1=CC(=O)OC1. The number of fused-ring (bicyclic) bond motifs is 5. The molecule has 2 N–H and O–H groups in total. The lowest BCUT2D eigenvalue weighted by atomic mass is 9.43. The van der Waals surface area contributed by atoms with E-state index in [1.165, 1.54) is 17.9 Å². The summed E-state index contributed by atoms with van der Waals surface area (Å²) in [5.74, 6) is -0.433. The Morgan fingerprint density at radius 3 is 2.60 bits per heavy atom. The molecule has 220 valence electrons. The summed E-state index contributed by atoms with van der Waals surface area (Å²) < 4.78 is 17.0. The van der Waals surface area contributed by atoms with Crippen molar-refractivity contribution in [2.24, 2.45) is 34.5 Å². The van der Waals surface area contributed by atoms with Gasteiger partial charge in [0.15, 0.2) is 0 Å². The topological polar surface area (TPSA) is 131 Å². The Hall–Kier alpha value is -2.62. The Morgan fingerprint density at radius 2 is 1.90 bits per heavy atom. The van der Waals surface area contributed by atoms with Crippen LogP contribution in [0.15, 0.2) is 11.6 Å². The third kappa shape index (κ3) is 4.23. The van der Waals surface area contributed by atoms with Crippen molar-refractivity contribution in [3.8, 4) is 0 Å². The monoisotopic (exact) mass is 558 g/mol. The molecular weight excluding hydrogens is 516 g/mol. The second-order valence-corrected chi connectivity index (χ2v) is 13.6. The summed E-state index contributed by atoms with van der Waals surface area (Å²) in [7, 11) is 0. The van der Waals surface area contributed by atoms with E-state index in [0.717, 1.165) is 50.5 Å². The van der Waals surface area contributed by atoms with Gasteiger partial charge in [0, 0.05) is 43.8 Å². The lowest BCUT2D eigenvalue weighted by Gasteiger charge is -2.63. The number of hydrogen-bond donors (Lipinski definition) is 2. The molecule has 40 heavy (non-hydrogen) atoms. The van der Waals surface area contributed by atoms with E-state index in [2.05, 4.69) is 19.2 Å². The average molecular weight is 559 g/mol. The number of carbonyl (C=O) groups excluding carboxylic acids is 4. The van der Waals surface area contributed by atoms with Gasteiger partial charge in [-0.2, -0.15) is 0 Å². The zero-order valence-electron chi connectivity index (χ0n) is 23.8. The molecule has 5 fully saturated rings. The molecule has 0 spiro atoms. The first kappa shape index (κ1) is 27.5. The summed E-state index contributed by atoms with van der Waals surface area (Å²) in [6.07, 6.45) is 6.82. The van der Waals surface area contributed by atoms with Gasteiger partial charge in [0.2, 0.25) is 5.91 Å². The van der Waals surface area contributed by atoms with Crippen LogP contribution in [0.1, 0.15) is 72.1 Å². The summed E-state index contributed by atoms with van der Waals surface area (Å²) in [4.78, 5) is 50.1. The van der Waals surface area contributed by atoms with Gasteiger partial charge in [-0.05, 0) is 73.7 Å². The van der Waals surface area contributed by atoms with Crippen LogP contribution in [-0.4, -0.2) is 78.0 Å². The van der Waals surface area contributed by atoms with E-state index >= 15 is 0 Å². The van der Waals surface area contributed by atoms with Gasteiger partial charge < -0.3 is 24.6 Å². The van der Waals surface area contributed by atoms with E-state index in [1.807, 2.05) is 0 Å². The Balaban J connectivity index is 1.20. The van der Waals surface area contributed by atoms with Crippen molar-refractivity contribution in [1.82, 2.24) is 10.2 Å². The highest BCUT2D eigenvalue weighted by molar-refractivity contribution is 5.85. The van der Waals surface area contributed by atoms with Crippen molar-refractivity contribution in [2.75, 3.05) is 26.2 Å². The third-order valence-corrected chi connectivity index (χ3v) is 11.8. The number of aliphatic hydroxyl groups is 1. The first-order valence-corrected chi connectivity index (χ1v) is 14.9. The molecule has 0 aromatic heterocycles. The molecule has 6 aliphatic rings. The highest BCUT2D eigenvalue weighted by atomic mass is 16.6. The van der Waals surface area contributed by atoms with Crippen molar-refractivity contribution in [1.29, 1.82) is 0 Å². The number of rotatable bonds is 3. The van der Waals surface area contributed by atoms with E-state index in [0.29, 0.717) is 31.3 Å². The molecule has 0 aromatic carbocycles. The van der Waals surface area contributed by atoms with Gasteiger partial charge in [0.25, 0.3) is 0 Å². The van der Waals surface area contributed by atoms with E-state index in [1.54, 1.807) is 0 Å². The van der Waals surface area contributed by atoms with Gasteiger partial charge in [-0.1, -0.05) is 13.8 Å². The fraction of sp³-hybridized carbons (Fsp3) is 0.800. The van der Waals surface area contributed by atoms with Crippen molar-refractivity contribution in [3.05, 3.63) is 11.6 Å². The second kappa shape index (κ2) is 9.74. The van der Waals surface area contributed by atoms with Crippen LogP contribution in [0.5, 0.6) is 0 Å². The maximum Gasteiger partial charge on any atom is 0.410 e. The van der Waals surface area contributed by atoms with E-state index < -0.39 is 23.2 Å². The minimum atomic E-state index is -1.03. The fourth-order valence-corrected chi connectivity index (χ4v) is 9.86. The van der Waals surface area contributed by atoms with Crippen LogP contribution in [0.25, 0.3) is 0 Å². The first-order chi connectivity index (χ1) is 18.9. The molecule has 0 unspecified atom stereocenters. The summed E-state index contributed by atoms with van der Waals surface area (Å²) >= 11 is 0. The van der Waals surface area contributed by atoms with Crippen LogP contribution in [0.4, 0.5) is 4.79 Å². The normalized spacial score (nSPS) is 44.4. The van der Waals surface area contributed by atoms with Gasteiger partial charge >= 0.3 is 18.0 Å². The van der Waals surface area contributed by atoms with Crippen molar-refractivity contribution < 1.29 is 38.5 Å². The lowest BCUT2D eigenvalue weighted by molar-refractivity contribution is -0.208. The largest absolute Gasteiger partial charge is 0.462 e. The van der Waals surface area contributed by atoms with E-state index in [-0.39, 0.29) is 54.4 Å². The standard InChI is InChI=1S/C30H42N2O8/c1-17(33)39-23-14-30(37)22-5-4-19-13-20(40-27(36)32-11-10-31-24(34)15-32)6-8-28(19,2)21(22)7-9-29(30,3)26(23)18-12-25(35)38-16-18/h12,19-23,26,37H,4-11,13-16H2,1-3H3,(H,31,34)/t19-,20+,21+,22-,23+,26+,28+,29-,30+/m1/s1. The Kier molecular flexibility index (Phi) is 6.71. The molecule has 0 bridgehead atoms. The number of nitrogens with one attached hydrogen (secondary N) is 1. The Morgan fingerprint density at radius 1 is 1.10 bits per heavy atom. The minimum absolute atomic E-state index is 0.00855. The second-order valence-electron chi connectivity index (χ2n) is 13.6. The first-order valence-electron chi connectivity index (χ1n) is 14.9. The molecule has 6 rings (SSSR count). The molecule has 2 aliphatic heterocycles. The van der Waals surface area contributed by atoms with Crippen LogP contribution in [0.3, 0.4) is 0 Å². The van der Waals surface area contributed by atoms with Crippen LogP contribution in [0.2, 0.25) is 0 Å². The number of nitrogens with zero attached hydrogens (tertiary/aromatic N) is 1. The van der Waals surface area contributed by atoms with Crippen molar-refractivity contribution in [3.63, 3.8) is 0 Å². The highest BCUT2D eigenvalue weighted by Crippen LogP contribution is 2.70. The molecule has 10 heteroatoms. The lowest BCUT2D eigenvalue weighted by Crippen LogP contribution is -2.62. The van der Waals surface area contributed by atoms with Crippen LogP contribution < -0.4 is 5.32 Å². The number of cyclic esters (lactones) is 1. The van der Waals surface area contributed by atoms with Gasteiger partial charge in [-0.15, -0.1) is 0 Å². The van der Waals surface area contributed by atoms with Crippen molar-refractivity contribution in [2.45, 2.75) is 89.9 Å². The summed E-state index contributed by atoms with van der Waals surface area (Å²) in [5.41, 5.74) is -0.736. The molecule has 2 heterocycles. The van der Waals surface area contributed by atoms with Gasteiger partial charge in [0.1, 0.15) is 25.4 Å². The molecule has 4 aliphatic carbocycles. The zero-order valence-corrected chi connectivity index (χ0v) is 23.8. The molecule has 4 saturated carbocycles. The number of ether oxygens (including phenoxy) is 3. The maximum absolute atomic E-state index is 12.8. The Bertz CT molecular complexity index is 1140. The fourth-order valence-electron chi connectivity index (χ4n) is 9.86. The number of amides is 2. The quantitative estimate of drug-likeness (QED) is 0.399. The predicted molar refractivity (Wildman–Crippen MR) is 142 cm³/mol. The van der Waals surface area contributed by atoms with E-state index in [4.69, 9.17) is 14.2 Å². The molecule has 0 aromatic rings. The summed E-state index contributed by atoms with van der Waals surface area (Å²) in [6.45, 7) is 7.01. The summed E-state index contributed by atoms with van der Waals surface area (Å²) in [5, 5.41) is 15.4. The number of esters is 2. The number of piperazine rings is 1. The van der Waals surface area contributed by atoms with E-state index in [9.17, 15) is 24.3 Å². The Labute approximate surface area is 235 Å². The van der Waals surface area contributed by atoms with Gasteiger partial charge in [0.05, 0.1) is 5.60 Å². The molecule has 2 amide bonds. The van der Waals surface area contributed by atoms with Crippen molar-refractivity contribution >= 4 is 23.9 Å². The average Bonchev–Trinajstić information content (AvgIpc) is 3.40. The minimum Gasteiger partial charge on any atom is -0.462 e. The smallest absolute Gasteiger partial charge is 0.410 e. The summed E-state index contributed by atoms with van der Waals surface area (Å²) in [6, 6.07) is 0. The molecular formula is C30H42N2O8. The molecule has 10 nitrogen and oxygen atoms in total. The van der Waals surface area contributed by atoms with Gasteiger partial charge in [-0.3, -0.25) is 14.5 Å². The predicted octanol–water partition coefficient (Wildman–Crippen LogP) is 2.72. The van der Waals surface area contributed by atoms with Crippen LogP contribution in [0, 0.1) is 34.5 Å². The van der Waals surface area contributed by atoms with Crippen LogP contribution in [-0.2, 0) is 28.6 Å². The maximum atomic E-state index is 12.8. The molecule has 1 saturated heterocycles.